The molecule has 0 bridgehead atoms. The van der Waals surface area contributed by atoms with E-state index in [0.29, 0.717) is 31.7 Å². The summed E-state index contributed by atoms with van der Waals surface area (Å²) in [4.78, 5) is 43.9. The number of nitro benzene ring substituents is 1. The minimum absolute atomic E-state index is 0.0994. The molecule has 0 aliphatic carbocycles. The molecule has 1 fully saturated rings. The van der Waals surface area contributed by atoms with Gasteiger partial charge in [-0.3, -0.25) is 19.7 Å². The lowest BCUT2D eigenvalue weighted by Gasteiger charge is -2.53. The van der Waals surface area contributed by atoms with Crippen molar-refractivity contribution in [3.05, 3.63) is 63.7 Å². The van der Waals surface area contributed by atoms with Crippen molar-refractivity contribution in [3.8, 4) is 5.75 Å². The van der Waals surface area contributed by atoms with Gasteiger partial charge in [-0.05, 0) is 36.1 Å². The molecule has 2 aromatic carbocycles. The van der Waals surface area contributed by atoms with E-state index in [-0.39, 0.29) is 35.1 Å². The molecule has 1 saturated heterocycles. The second kappa shape index (κ2) is 9.93. The number of rotatable bonds is 8. The van der Waals surface area contributed by atoms with Gasteiger partial charge in [0.15, 0.2) is 0 Å². The molecule has 35 heavy (non-hydrogen) atoms. The molecule has 2 aromatic rings. The van der Waals surface area contributed by atoms with Crippen LogP contribution in [0.4, 0.5) is 11.4 Å². The molecule has 0 saturated carbocycles. The van der Waals surface area contributed by atoms with E-state index in [0.717, 1.165) is 17.7 Å². The molecule has 9 heteroatoms. The third-order valence-electron chi connectivity index (χ3n) is 6.59. The van der Waals surface area contributed by atoms with Crippen molar-refractivity contribution in [2.45, 2.75) is 52.4 Å². The molecule has 0 N–H and O–H groups in total. The van der Waals surface area contributed by atoms with Crippen LogP contribution in [0, 0.1) is 16.0 Å². The van der Waals surface area contributed by atoms with Crippen LogP contribution in [0.5, 0.6) is 5.75 Å². The minimum Gasteiger partial charge on any atom is -0.497 e. The number of nitrogens with zero attached hydrogens (tertiary/aromatic N) is 4. The molecule has 2 atom stereocenters. The van der Waals surface area contributed by atoms with Crippen LogP contribution in [0.3, 0.4) is 0 Å². The quantitative estimate of drug-likeness (QED) is 0.418. The standard InChI is InChI=1S/C26H32N4O5/c1-5-7-23-26(32)27(15-18-8-6-9-20(12-18)35-4)16-24-28(14-17(2)3)22-11-10-19(30(33)34)13-21(22)25(31)29(23)24/h6,8-13,17,23-24H,5,7,14-16H2,1-4H3/t23-,24+/m0/s1. The highest BCUT2D eigenvalue weighted by Crippen LogP contribution is 2.38. The average Bonchev–Trinajstić information content (AvgIpc) is 2.83. The molecule has 2 heterocycles. The predicted molar refractivity (Wildman–Crippen MR) is 132 cm³/mol. The summed E-state index contributed by atoms with van der Waals surface area (Å²) >= 11 is 0. The third kappa shape index (κ3) is 4.67. The Labute approximate surface area is 205 Å². The summed E-state index contributed by atoms with van der Waals surface area (Å²) in [6.45, 7) is 7.60. The molecule has 2 aliphatic heterocycles. The van der Waals surface area contributed by atoms with Gasteiger partial charge >= 0.3 is 0 Å². The summed E-state index contributed by atoms with van der Waals surface area (Å²) in [7, 11) is 1.61. The van der Waals surface area contributed by atoms with Crippen LogP contribution >= 0.6 is 0 Å². The molecule has 4 rings (SSSR count). The van der Waals surface area contributed by atoms with Crippen molar-refractivity contribution in [1.82, 2.24) is 9.80 Å². The first kappa shape index (κ1) is 24.5. The summed E-state index contributed by atoms with van der Waals surface area (Å²) in [6, 6.07) is 11.5. The summed E-state index contributed by atoms with van der Waals surface area (Å²) < 4.78 is 5.34. The van der Waals surface area contributed by atoms with Crippen LogP contribution in [-0.2, 0) is 11.3 Å². The van der Waals surface area contributed by atoms with Crippen molar-refractivity contribution < 1.29 is 19.2 Å². The summed E-state index contributed by atoms with van der Waals surface area (Å²) in [5.41, 5.74) is 1.79. The number of carbonyl (C=O) groups excluding carboxylic acids is 2. The second-order valence-corrected chi connectivity index (χ2v) is 9.57. The first-order chi connectivity index (χ1) is 16.7. The molecular formula is C26H32N4O5. The van der Waals surface area contributed by atoms with Gasteiger partial charge in [0.2, 0.25) is 5.91 Å². The van der Waals surface area contributed by atoms with Crippen molar-refractivity contribution in [2.75, 3.05) is 25.1 Å². The average molecular weight is 481 g/mol. The molecule has 0 aromatic heterocycles. The van der Waals surface area contributed by atoms with Gasteiger partial charge in [-0.25, -0.2) is 0 Å². The van der Waals surface area contributed by atoms with E-state index in [1.807, 2.05) is 36.1 Å². The molecule has 0 radical (unpaired) electrons. The number of anilines is 1. The number of benzene rings is 2. The molecule has 0 unspecified atom stereocenters. The molecule has 2 aliphatic rings. The Balaban J connectivity index is 1.77. The van der Waals surface area contributed by atoms with Crippen LogP contribution in [-0.4, -0.2) is 58.9 Å². The van der Waals surface area contributed by atoms with Crippen LogP contribution in [0.15, 0.2) is 42.5 Å². The van der Waals surface area contributed by atoms with Crippen molar-refractivity contribution in [3.63, 3.8) is 0 Å². The number of methoxy groups -OCH3 is 1. The summed E-state index contributed by atoms with van der Waals surface area (Å²) in [5, 5.41) is 11.4. The maximum absolute atomic E-state index is 13.7. The Morgan fingerprint density at radius 2 is 1.94 bits per heavy atom. The Bertz CT molecular complexity index is 1130. The van der Waals surface area contributed by atoms with Crippen molar-refractivity contribution >= 4 is 23.2 Å². The number of ether oxygens (including phenoxy) is 1. The number of hydrogen-bond donors (Lipinski definition) is 0. The lowest BCUT2D eigenvalue weighted by Crippen LogP contribution is -2.70. The van der Waals surface area contributed by atoms with E-state index >= 15 is 0 Å². The van der Waals surface area contributed by atoms with E-state index in [9.17, 15) is 19.7 Å². The number of carbonyl (C=O) groups is 2. The van der Waals surface area contributed by atoms with Gasteiger partial charge in [0.1, 0.15) is 18.0 Å². The number of hydrogen-bond acceptors (Lipinski definition) is 6. The predicted octanol–water partition coefficient (Wildman–Crippen LogP) is 4.06. The van der Waals surface area contributed by atoms with E-state index in [2.05, 4.69) is 18.7 Å². The molecule has 9 nitrogen and oxygen atoms in total. The van der Waals surface area contributed by atoms with E-state index < -0.39 is 11.0 Å². The highest BCUT2D eigenvalue weighted by molar-refractivity contribution is 6.05. The summed E-state index contributed by atoms with van der Waals surface area (Å²) in [6.07, 6.45) is 0.903. The normalized spacial score (nSPS) is 19.6. The monoisotopic (exact) mass is 480 g/mol. The van der Waals surface area contributed by atoms with Gasteiger partial charge in [0.25, 0.3) is 11.6 Å². The van der Waals surface area contributed by atoms with Crippen molar-refractivity contribution in [1.29, 1.82) is 0 Å². The van der Waals surface area contributed by atoms with E-state index in [1.54, 1.807) is 18.1 Å². The zero-order valence-electron chi connectivity index (χ0n) is 20.6. The van der Waals surface area contributed by atoms with Gasteiger partial charge in [-0.1, -0.05) is 39.3 Å². The number of piperazine rings is 1. The number of fused-ring (bicyclic) bond motifs is 2. The zero-order valence-corrected chi connectivity index (χ0v) is 20.6. The number of nitro groups is 1. The van der Waals surface area contributed by atoms with E-state index in [4.69, 9.17) is 4.74 Å². The van der Waals surface area contributed by atoms with Gasteiger partial charge in [0.05, 0.1) is 29.8 Å². The topological polar surface area (TPSA) is 96.2 Å². The zero-order chi connectivity index (χ0) is 25.3. The largest absolute Gasteiger partial charge is 0.497 e. The van der Waals surface area contributed by atoms with Crippen LogP contribution < -0.4 is 9.64 Å². The Morgan fingerprint density at radius 1 is 1.17 bits per heavy atom. The first-order valence-corrected chi connectivity index (χ1v) is 12.0. The van der Waals surface area contributed by atoms with E-state index in [1.165, 1.54) is 12.1 Å². The highest BCUT2D eigenvalue weighted by Gasteiger charge is 2.49. The minimum atomic E-state index is -0.626. The Morgan fingerprint density at radius 3 is 2.60 bits per heavy atom. The molecular weight excluding hydrogens is 448 g/mol. The fraction of sp³-hybridized carbons (Fsp3) is 0.462. The van der Waals surface area contributed by atoms with Gasteiger partial charge in [0, 0.05) is 25.2 Å². The second-order valence-electron chi connectivity index (χ2n) is 9.57. The molecule has 0 spiro atoms. The first-order valence-electron chi connectivity index (χ1n) is 12.0. The SMILES string of the molecule is CCC[C@H]1C(=O)N(Cc2cccc(OC)c2)C[C@@H]2N(CC(C)C)c3ccc([N+](=O)[O-])cc3C(=O)N21. The maximum Gasteiger partial charge on any atom is 0.270 e. The Hall–Kier alpha value is -3.62. The van der Waals surface area contributed by atoms with Gasteiger partial charge in [-0.2, -0.15) is 0 Å². The fourth-order valence-electron chi connectivity index (χ4n) is 5.08. The van der Waals surface area contributed by atoms with Gasteiger partial charge < -0.3 is 19.4 Å². The van der Waals surface area contributed by atoms with Crippen LogP contribution in [0.1, 0.15) is 49.5 Å². The summed E-state index contributed by atoms with van der Waals surface area (Å²) in [5.74, 6) is 0.588. The van der Waals surface area contributed by atoms with Crippen LogP contribution in [0.2, 0.25) is 0 Å². The van der Waals surface area contributed by atoms with Gasteiger partial charge in [-0.15, -0.1) is 0 Å². The lowest BCUT2D eigenvalue weighted by molar-refractivity contribution is -0.384. The maximum atomic E-state index is 13.7. The van der Waals surface area contributed by atoms with Crippen molar-refractivity contribution in [2.24, 2.45) is 5.92 Å². The number of non-ortho nitro benzene ring substituents is 1. The highest BCUT2D eigenvalue weighted by atomic mass is 16.6. The number of amides is 2. The molecule has 2 amide bonds. The Kier molecular flexibility index (Phi) is 6.95. The molecule has 186 valence electrons. The smallest absolute Gasteiger partial charge is 0.270 e. The lowest BCUT2D eigenvalue weighted by atomic mass is 9.95. The fourth-order valence-corrected chi connectivity index (χ4v) is 5.08. The third-order valence-corrected chi connectivity index (χ3v) is 6.59. The van der Waals surface area contributed by atoms with Crippen LogP contribution in [0.25, 0.3) is 0 Å².